The van der Waals surface area contributed by atoms with Crippen LogP contribution < -0.4 is 5.32 Å². The Hall–Kier alpha value is -2.34. The summed E-state index contributed by atoms with van der Waals surface area (Å²) < 4.78 is 0. The van der Waals surface area contributed by atoms with Crippen molar-refractivity contribution in [2.24, 2.45) is 22.7 Å². The highest BCUT2D eigenvalue weighted by atomic mass is 16.2. The third-order valence-electron chi connectivity index (χ3n) is 6.97. The van der Waals surface area contributed by atoms with Crippen molar-refractivity contribution in [2.45, 2.75) is 32.1 Å². The Morgan fingerprint density at radius 2 is 2.17 bits per heavy atom. The number of nitrogens with one attached hydrogen (secondary N) is 1. The first-order valence-electron chi connectivity index (χ1n) is 8.52. The van der Waals surface area contributed by atoms with E-state index in [9.17, 15) is 10.1 Å². The molecular weight excluding hydrogens is 296 g/mol. The van der Waals surface area contributed by atoms with Crippen LogP contribution in [0.1, 0.15) is 32.3 Å². The van der Waals surface area contributed by atoms with Gasteiger partial charge in [0, 0.05) is 17.0 Å². The molecule has 1 heterocycles. The number of hydrogen-bond acceptors (Lipinski definition) is 2. The second-order valence-corrected chi connectivity index (χ2v) is 7.82. The number of allylic oxidation sites excluding steroid dienone is 2. The molecule has 0 aromatic heterocycles. The zero-order valence-electron chi connectivity index (χ0n) is 14.2. The fourth-order valence-corrected chi connectivity index (χ4v) is 5.79. The van der Waals surface area contributed by atoms with Crippen molar-refractivity contribution in [3.63, 3.8) is 0 Å². The van der Waals surface area contributed by atoms with Gasteiger partial charge >= 0.3 is 0 Å². The van der Waals surface area contributed by atoms with Crippen LogP contribution in [0.5, 0.6) is 0 Å². The van der Waals surface area contributed by atoms with Gasteiger partial charge < -0.3 is 5.32 Å². The lowest BCUT2D eigenvalue weighted by atomic mass is 9.62. The van der Waals surface area contributed by atoms with Crippen LogP contribution in [0, 0.1) is 34.0 Å². The number of rotatable bonds is 2. The summed E-state index contributed by atoms with van der Waals surface area (Å²) in [6.45, 7) is 12.3. The molecule has 1 aromatic carbocycles. The molecule has 4 rings (SSSR count). The average molecular weight is 318 g/mol. The molecule has 3 nitrogen and oxygen atoms in total. The van der Waals surface area contributed by atoms with Gasteiger partial charge in [0.15, 0.2) is 0 Å². The van der Waals surface area contributed by atoms with Crippen LogP contribution in [-0.4, -0.2) is 5.91 Å². The third kappa shape index (κ3) is 1.30. The number of anilines is 1. The maximum Gasteiger partial charge on any atom is 0.237 e. The van der Waals surface area contributed by atoms with Crippen LogP contribution in [0.3, 0.4) is 0 Å². The first-order valence-corrected chi connectivity index (χ1v) is 8.52. The Kier molecular flexibility index (Phi) is 2.78. The summed E-state index contributed by atoms with van der Waals surface area (Å²) in [4.78, 5) is 13.2. The molecule has 1 amide bonds. The van der Waals surface area contributed by atoms with Crippen LogP contribution in [0.2, 0.25) is 0 Å². The quantitative estimate of drug-likeness (QED) is 0.831. The number of fused-ring (bicyclic) bond motifs is 5. The van der Waals surface area contributed by atoms with E-state index in [1.54, 1.807) is 0 Å². The number of carbonyl (C=O) groups excluding carboxylic acids is 1. The standard InChI is InChI=1S/C21H22N2O/c1-5-19(4)11-10-14(13(2)3)17-20(19,12-22)21(17)15-8-6-7-9-16(15)23-18(21)24/h5-9,14,17H,1-2,10-11H2,3-4H3,(H,23,24). The summed E-state index contributed by atoms with van der Waals surface area (Å²) in [6.07, 6.45) is 3.71. The van der Waals surface area contributed by atoms with Crippen LogP contribution in [0.15, 0.2) is 49.1 Å². The van der Waals surface area contributed by atoms with Gasteiger partial charge in [0.05, 0.1) is 11.5 Å². The highest BCUT2D eigenvalue weighted by molar-refractivity contribution is 6.11. The zero-order chi connectivity index (χ0) is 17.3. The maximum absolute atomic E-state index is 13.2. The van der Waals surface area contributed by atoms with E-state index in [1.807, 2.05) is 37.3 Å². The molecule has 3 aliphatic rings. The van der Waals surface area contributed by atoms with E-state index in [0.717, 1.165) is 29.7 Å². The molecule has 0 radical (unpaired) electrons. The Bertz CT molecular complexity index is 834. The minimum absolute atomic E-state index is 0.0310. The van der Waals surface area contributed by atoms with Gasteiger partial charge in [0.2, 0.25) is 5.91 Å². The highest BCUT2D eigenvalue weighted by Crippen LogP contribution is 2.84. The van der Waals surface area contributed by atoms with Crippen molar-refractivity contribution in [1.82, 2.24) is 0 Å². The summed E-state index contributed by atoms with van der Waals surface area (Å²) in [6, 6.07) is 10.4. The fourth-order valence-electron chi connectivity index (χ4n) is 5.79. The van der Waals surface area contributed by atoms with Gasteiger partial charge in [-0.1, -0.05) is 43.4 Å². The lowest BCUT2D eigenvalue weighted by Crippen LogP contribution is -2.38. The van der Waals surface area contributed by atoms with Crippen molar-refractivity contribution >= 4 is 11.6 Å². The molecule has 5 unspecified atom stereocenters. The fraction of sp³-hybridized carbons (Fsp3) is 0.429. The maximum atomic E-state index is 13.2. The summed E-state index contributed by atoms with van der Waals surface area (Å²) >= 11 is 0. The van der Waals surface area contributed by atoms with E-state index in [2.05, 4.69) is 31.5 Å². The number of carbonyl (C=O) groups is 1. The van der Waals surface area contributed by atoms with Crippen molar-refractivity contribution in [1.29, 1.82) is 5.26 Å². The largest absolute Gasteiger partial charge is 0.325 e. The Morgan fingerprint density at radius 3 is 2.79 bits per heavy atom. The summed E-state index contributed by atoms with van der Waals surface area (Å²) in [5, 5.41) is 13.4. The predicted octanol–water partition coefficient (Wildman–Crippen LogP) is 4.19. The number of hydrogen-bond donors (Lipinski definition) is 1. The molecule has 0 bridgehead atoms. The SMILES string of the molecule is C=CC1(C)CCC(C(=C)C)C2C3(C(=O)Nc4ccccc43)C21C#N. The van der Waals surface area contributed by atoms with E-state index in [1.165, 1.54) is 0 Å². The molecule has 122 valence electrons. The normalized spacial score (nSPS) is 41.8. The van der Waals surface area contributed by atoms with E-state index in [0.29, 0.717) is 0 Å². The minimum atomic E-state index is -0.776. The Balaban J connectivity index is 2.03. The topological polar surface area (TPSA) is 52.9 Å². The monoisotopic (exact) mass is 318 g/mol. The molecule has 2 fully saturated rings. The molecular formula is C21H22N2O. The Labute approximate surface area is 143 Å². The molecule has 0 saturated heterocycles. The number of amides is 1. The van der Waals surface area contributed by atoms with Crippen LogP contribution in [0.25, 0.3) is 0 Å². The molecule has 24 heavy (non-hydrogen) atoms. The van der Waals surface area contributed by atoms with Gasteiger partial charge in [-0.25, -0.2) is 0 Å². The molecule has 3 heteroatoms. The molecule has 1 spiro atoms. The van der Waals surface area contributed by atoms with Crippen LogP contribution >= 0.6 is 0 Å². The molecule has 1 N–H and O–H groups in total. The van der Waals surface area contributed by atoms with Crippen molar-refractivity contribution in [2.75, 3.05) is 5.32 Å². The van der Waals surface area contributed by atoms with Gasteiger partial charge in [-0.05, 0) is 37.3 Å². The second kappa shape index (κ2) is 4.39. The number of benzene rings is 1. The number of nitriles is 1. The summed E-state index contributed by atoms with van der Waals surface area (Å²) in [7, 11) is 0. The zero-order valence-corrected chi connectivity index (χ0v) is 14.2. The van der Waals surface area contributed by atoms with E-state index < -0.39 is 10.8 Å². The molecule has 2 saturated carbocycles. The first kappa shape index (κ1) is 15.2. The summed E-state index contributed by atoms with van der Waals surface area (Å²) in [5.41, 5.74) is 0.982. The van der Waals surface area contributed by atoms with E-state index in [4.69, 9.17) is 0 Å². The van der Waals surface area contributed by atoms with Crippen molar-refractivity contribution < 1.29 is 4.79 Å². The lowest BCUT2D eigenvalue weighted by molar-refractivity contribution is -0.119. The van der Waals surface area contributed by atoms with Gasteiger partial charge in [-0.3, -0.25) is 4.79 Å². The molecule has 1 aliphatic heterocycles. The van der Waals surface area contributed by atoms with Crippen molar-refractivity contribution in [3.8, 4) is 6.07 Å². The smallest absolute Gasteiger partial charge is 0.237 e. The van der Waals surface area contributed by atoms with Gasteiger partial charge in [-0.15, -0.1) is 6.58 Å². The van der Waals surface area contributed by atoms with Crippen LogP contribution in [-0.2, 0) is 10.2 Å². The minimum Gasteiger partial charge on any atom is -0.325 e. The summed E-state index contributed by atoms with van der Waals surface area (Å²) in [5.74, 6) is 0.124. The number of para-hydroxylation sites is 1. The first-order chi connectivity index (χ1) is 11.4. The molecule has 2 aliphatic carbocycles. The van der Waals surface area contributed by atoms with E-state index >= 15 is 0 Å². The van der Waals surface area contributed by atoms with Crippen molar-refractivity contribution in [3.05, 3.63) is 54.6 Å². The average Bonchev–Trinajstić information content (AvgIpc) is 3.11. The predicted molar refractivity (Wildman–Crippen MR) is 94.1 cm³/mol. The molecule has 1 aromatic rings. The van der Waals surface area contributed by atoms with Crippen LogP contribution in [0.4, 0.5) is 5.69 Å². The number of nitrogens with zero attached hydrogens (tertiary/aromatic N) is 1. The lowest BCUT2D eigenvalue weighted by Gasteiger charge is -2.39. The van der Waals surface area contributed by atoms with Gasteiger partial charge in [0.1, 0.15) is 5.41 Å². The van der Waals surface area contributed by atoms with E-state index in [-0.39, 0.29) is 23.2 Å². The van der Waals surface area contributed by atoms with Gasteiger partial charge in [-0.2, -0.15) is 5.26 Å². The molecule has 5 atom stereocenters. The second-order valence-electron chi connectivity index (χ2n) is 7.82. The Morgan fingerprint density at radius 1 is 1.46 bits per heavy atom. The third-order valence-corrected chi connectivity index (χ3v) is 6.97. The highest BCUT2D eigenvalue weighted by Gasteiger charge is 2.90. The van der Waals surface area contributed by atoms with Gasteiger partial charge in [0.25, 0.3) is 0 Å².